The van der Waals surface area contributed by atoms with E-state index in [4.69, 9.17) is 4.74 Å². The minimum Gasteiger partial charge on any atom is -0.496 e. The Morgan fingerprint density at radius 2 is 2.29 bits per heavy atom. The van der Waals surface area contributed by atoms with E-state index in [1.165, 1.54) is 17.8 Å². The highest BCUT2D eigenvalue weighted by Gasteiger charge is 2.39. The van der Waals surface area contributed by atoms with Gasteiger partial charge in [0.2, 0.25) is 0 Å². The van der Waals surface area contributed by atoms with Crippen molar-refractivity contribution in [3.8, 4) is 5.75 Å². The van der Waals surface area contributed by atoms with Crippen LogP contribution in [0.1, 0.15) is 29.1 Å². The second kappa shape index (κ2) is 6.74. The molecule has 1 aromatic heterocycles. The molecule has 1 amide bonds. The normalized spacial score (nSPS) is 25.0. The number of rotatable bonds is 5. The molecule has 0 unspecified atom stereocenters. The predicted octanol–water partition coefficient (Wildman–Crippen LogP) is 2.93. The third-order valence-corrected chi connectivity index (χ3v) is 6.73. The van der Waals surface area contributed by atoms with Gasteiger partial charge in [-0.25, -0.2) is 4.98 Å². The number of ether oxygens (including phenoxy) is 1. The van der Waals surface area contributed by atoms with Gasteiger partial charge in [0.15, 0.2) is 5.01 Å². The quantitative estimate of drug-likeness (QED) is 0.857. The number of carbonyl (C=O) groups excluding carboxylic acids is 1. The molecular formula is C17H19N3O2S2. The van der Waals surface area contributed by atoms with Gasteiger partial charge in [0, 0.05) is 18.1 Å². The number of amides is 1. The lowest BCUT2D eigenvalue weighted by molar-refractivity contribution is 0.0930. The molecule has 126 valence electrons. The van der Waals surface area contributed by atoms with Gasteiger partial charge < -0.3 is 15.4 Å². The second-order valence-corrected chi connectivity index (χ2v) is 8.47. The molecule has 4 rings (SSSR count). The van der Waals surface area contributed by atoms with Gasteiger partial charge in [0.05, 0.1) is 22.4 Å². The number of aromatic nitrogens is 1. The van der Waals surface area contributed by atoms with Gasteiger partial charge in [-0.1, -0.05) is 23.9 Å². The molecule has 0 spiro atoms. The summed E-state index contributed by atoms with van der Waals surface area (Å²) in [5, 5.41) is 7.20. The molecule has 3 atom stereocenters. The van der Waals surface area contributed by atoms with Crippen LogP contribution in [-0.4, -0.2) is 36.1 Å². The predicted molar refractivity (Wildman–Crippen MR) is 95.0 cm³/mol. The van der Waals surface area contributed by atoms with E-state index >= 15 is 0 Å². The smallest absolute Gasteiger partial charge is 0.280 e. The molecule has 2 aliphatic heterocycles. The topological polar surface area (TPSA) is 63.2 Å². The summed E-state index contributed by atoms with van der Waals surface area (Å²) in [6, 6.07) is 9.10. The average molecular weight is 361 g/mol. The second-order valence-electron chi connectivity index (χ2n) is 6.10. The molecule has 1 aromatic carbocycles. The van der Waals surface area contributed by atoms with Crippen molar-refractivity contribution >= 4 is 29.0 Å². The molecule has 0 radical (unpaired) electrons. The number of carbonyl (C=O) groups is 1. The van der Waals surface area contributed by atoms with E-state index < -0.39 is 0 Å². The van der Waals surface area contributed by atoms with Crippen LogP contribution in [0.4, 0.5) is 0 Å². The number of nitrogens with zero attached hydrogens (tertiary/aromatic N) is 1. The Morgan fingerprint density at radius 3 is 3.04 bits per heavy atom. The molecular weight excluding hydrogens is 342 g/mol. The Morgan fingerprint density at radius 1 is 1.42 bits per heavy atom. The number of hydrogen-bond acceptors (Lipinski definition) is 6. The molecule has 2 fully saturated rings. The van der Waals surface area contributed by atoms with Crippen molar-refractivity contribution in [3.05, 3.63) is 35.5 Å². The minimum atomic E-state index is -0.0637. The zero-order valence-electron chi connectivity index (χ0n) is 13.3. The molecule has 3 heterocycles. The zero-order chi connectivity index (χ0) is 16.5. The number of methoxy groups -OCH3 is 1. The molecule has 2 N–H and O–H groups in total. The first kappa shape index (κ1) is 15.9. The highest BCUT2D eigenvalue weighted by atomic mass is 32.2. The van der Waals surface area contributed by atoms with Gasteiger partial charge in [0.25, 0.3) is 5.91 Å². The Kier molecular flexibility index (Phi) is 4.47. The molecule has 0 aliphatic carbocycles. The third-order valence-electron chi connectivity index (χ3n) is 4.57. The average Bonchev–Trinajstić information content (AvgIpc) is 3.32. The summed E-state index contributed by atoms with van der Waals surface area (Å²) >= 11 is 2.99. The fourth-order valence-electron chi connectivity index (χ4n) is 3.44. The van der Waals surface area contributed by atoms with Gasteiger partial charge in [-0.2, -0.15) is 0 Å². The molecule has 2 aliphatic rings. The Balaban J connectivity index is 1.42. The van der Waals surface area contributed by atoms with E-state index in [1.54, 1.807) is 25.1 Å². The molecule has 0 saturated carbocycles. The number of benzene rings is 1. The van der Waals surface area contributed by atoms with Gasteiger partial charge >= 0.3 is 0 Å². The van der Waals surface area contributed by atoms with Crippen molar-refractivity contribution in [1.29, 1.82) is 0 Å². The molecule has 24 heavy (non-hydrogen) atoms. The number of thiazole rings is 1. The minimum absolute atomic E-state index is 0.0637. The fourth-order valence-corrected chi connectivity index (χ4v) is 5.38. The fraction of sp³-hybridized carbons (Fsp3) is 0.412. The van der Waals surface area contributed by atoms with E-state index in [1.807, 2.05) is 24.3 Å². The first-order valence-corrected chi connectivity index (χ1v) is 9.70. The van der Waals surface area contributed by atoms with Crippen molar-refractivity contribution in [2.75, 3.05) is 7.11 Å². The van der Waals surface area contributed by atoms with E-state index in [2.05, 4.69) is 15.6 Å². The number of nitrogens with one attached hydrogen (secondary N) is 2. The zero-order valence-corrected chi connectivity index (χ0v) is 15.0. The molecule has 7 heteroatoms. The van der Waals surface area contributed by atoms with Crippen molar-refractivity contribution in [1.82, 2.24) is 15.6 Å². The van der Waals surface area contributed by atoms with Crippen LogP contribution in [0.3, 0.4) is 0 Å². The largest absolute Gasteiger partial charge is 0.496 e. The van der Waals surface area contributed by atoms with Crippen molar-refractivity contribution in [2.24, 2.45) is 0 Å². The third kappa shape index (κ3) is 3.16. The molecule has 2 aromatic rings. The summed E-state index contributed by atoms with van der Waals surface area (Å²) in [5.41, 5.74) is 0. The maximum absolute atomic E-state index is 12.4. The van der Waals surface area contributed by atoms with Crippen LogP contribution in [0.5, 0.6) is 5.75 Å². The summed E-state index contributed by atoms with van der Waals surface area (Å²) in [6.45, 7) is 0. The van der Waals surface area contributed by atoms with E-state index in [9.17, 15) is 4.79 Å². The van der Waals surface area contributed by atoms with Crippen LogP contribution in [0.15, 0.2) is 39.6 Å². The first-order chi connectivity index (χ1) is 11.7. The van der Waals surface area contributed by atoms with Crippen molar-refractivity contribution in [2.45, 2.75) is 46.5 Å². The Bertz CT molecular complexity index is 749. The van der Waals surface area contributed by atoms with E-state index in [0.717, 1.165) is 27.7 Å². The van der Waals surface area contributed by atoms with Gasteiger partial charge in [-0.05, 0) is 31.4 Å². The highest BCUT2D eigenvalue weighted by Crippen LogP contribution is 2.37. The van der Waals surface area contributed by atoms with E-state index in [0.29, 0.717) is 17.1 Å². The lowest BCUT2D eigenvalue weighted by Crippen LogP contribution is -2.42. The number of fused-ring (bicyclic) bond motifs is 2. The van der Waals surface area contributed by atoms with Crippen molar-refractivity contribution in [3.63, 3.8) is 0 Å². The van der Waals surface area contributed by atoms with Crippen LogP contribution in [0, 0.1) is 0 Å². The number of para-hydroxylation sites is 1. The van der Waals surface area contributed by atoms with Gasteiger partial charge in [-0.15, -0.1) is 11.3 Å². The lowest BCUT2D eigenvalue weighted by Gasteiger charge is -2.20. The summed E-state index contributed by atoms with van der Waals surface area (Å²) in [5.74, 6) is 0.765. The van der Waals surface area contributed by atoms with Crippen LogP contribution in [0.2, 0.25) is 0 Å². The summed E-state index contributed by atoms with van der Waals surface area (Å²) in [4.78, 5) is 17.8. The molecule has 2 bridgehead atoms. The van der Waals surface area contributed by atoms with Crippen LogP contribution in [0.25, 0.3) is 0 Å². The summed E-state index contributed by atoms with van der Waals surface area (Å²) in [6.07, 6.45) is 5.18. The van der Waals surface area contributed by atoms with Gasteiger partial charge in [-0.3, -0.25) is 4.79 Å². The molecule has 2 saturated heterocycles. The maximum atomic E-state index is 12.4. The summed E-state index contributed by atoms with van der Waals surface area (Å²) < 4.78 is 6.35. The van der Waals surface area contributed by atoms with Crippen LogP contribution >= 0.6 is 23.1 Å². The van der Waals surface area contributed by atoms with Crippen LogP contribution < -0.4 is 15.4 Å². The monoisotopic (exact) mass is 361 g/mol. The van der Waals surface area contributed by atoms with Crippen LogP contribution in [-0.2, 0) is 0 Å². The van der Waals surface area contributed by atoms with Crippen molar-refractivity contribution < 1.29 is 9.53 Å². The standard InChI is InChI=1S/C17H19N3O2S2/c1-22-13-4-2-3-5-14(13)23-15-9-18-17(24-15)16(21)20-12-8-10-6-7-11(12)19-10/h2-5,9-12,19H,6-8H2,1H3,(H,20,21)/t10-,11+,12-/m1/s1. The first-order valence-electron chi connectivity index (χ1n) is 8.06. The summed E-state index contributed by atoms with van der Waals surface area (Å²) in [7, 11) is 1.66. The Labute approximate surface area is 149 Å². The Hall–Kier alpha value is -1.57. The lowest BCUT2D eigenvalue weighted by atomic mass is 9.95. The molecule has 5 nitrogen and oxygen atoms in total. The van der Waals surface area contributed by atoms with Gasteiger partial charge in [0.1, 0.15) is 5.75 Å². The van der Waals surface area contributed by atoms with E-state index in [-0.39, 0.29) is 11.9 Å². The highest BCUT2D eigenvalue weighted by molar-refractivity contribution is 8.01. The SMILES string of the molecule is COc1ccccc1Sc1cnc(C(=O)N[C@@H]2C[C@H]3CC[C@@H]2N3)s1. The maximum Gasteiger partial charge on any atom is 0.280 e. The number of hydrogen-bond donors (Lipinski definition) is 2.